The SMILES string of the molecule is CC(C)(C)C1(C(C)(C)C)c2cc3cc(N(c4ccccc4)c4ccccc4C#N)ccc3cc2-c2c1c1ccc(N(c3ccccc3)c3ccccc3C#N)cc1c1ccccc21. The number of para-hydroxylation sites is 4. The Morgan fingerprint density at radius 1 is 0.413 bits per heavy atom. The molecule has 9 aromatic carbocycles. The van der Waals surface area contributed by atoms with Gasteiger partial charge in [-0.2, -0.15) is 10.5 Å². The van der Waals surface area contributed by atoms with Crippen molar-refractivity contribution in [2.45, 2.75) is 47.0 Å². The predicted molar refractivity (Wildman–Crippen MR) is 263 cm³/mol. The Bertz CT molecular complexity index is 3320. The monoisotopic (exact) mass is 812 g/mol. The molecule has 0 aliphatic heterocycles. The summed E-state index contributed by atoms with van der Waals surface area (Å²) in [7, 11) is 0. The van der Waals surface area contributed by atoms with Crippen LogP contribution < -0.4 is 9.80 Å². The van der Waals surface area contributed by atoms with Gasteiger partial charge >= 0.3 is 0 Å². The third-order valence-corrected chi connectivity index (χ3v) is 13.3. The summed E-state index contributed by atoms with van der Waals surface area (Å²) in [6.07, 6.45) is 0. The Morgan fingerprint density at radius 2 is 0.905 bits per heavy atom. The lowest BCUT2D eigenvalue weighted by molar-refractivity contribution is 0.0965. The maximum absolute atomic E-state index is 10.3. The van der Waals surface area contributed by atoms with Crippen LogP contribution in [0.3, 0.4) is 0 Å². The summed E-state index contributed by atoms with van der Waals surface area (Å²) in [6, 6.07) is 68.8. The van der Waals surface area contributed by atoms with Crippen molar-refractivity contribution in [2.75, 3.05) is 9.80 Å². The molecule has 0 saturated heterocycles. The van der Waals surface area contributed by atoms with Gasteiger partial charge in [0.05, 0.1) is 22.5 Å². The van der Waals surface area contributed by atoms with Crippen molar-refractivity contribution in [1.82, 2.24) is 0 Å². The molecule has 10 rings (SSSR count). The molecule has 1 aliphatic rings. The Hall–Kier alpha value is -7.66. The Morgan fingerprint density at radius 3 is 1.46 bits per heavy atom. The first-order valence-corrected chi connectivity index (χ1v) is 21.7. The van der Waals surface area contributed by atoms with Gasteiger partial charge in [-0.15, -0.1) is 0 Å². The zero-order chi connectivity index (χ0) is 43.7. The molecule has 0 saturated carbocycles. The fraction of sp³-hybridized carbons (Fsp3) is 0.153. The largest absolute Gasteiger partial charge is 0.309 e. The van der Waals surface area contributed by atoms with Gasteiger partial charge < -0.3 is 9.80 Å². The minimum Gasteiger partial charge on any atom is -0.309 e. The van der Waals surface area contributed by atoms with Gasteiger partial charge in [0, 0.05) is 28.2 Å². The van der Waals surface area contributed by atoms with E-state index in [-0.39, 0.29) is 10.8 Å². The molecular formula is C59H48N4. The van der Waals surface area contributed by atoms with Crippen LogP contribution in [0.25, 0.3) is 43.4 Å². The number of nitrogens with zero attached hydrogens (tertiary/aromatic N) is 4. The minimum absolute atomic E-state index is 0.228. The van der Waals surface area contributed by atoms with E-state index in [9.17, 15) is 10.5 Å². The van der Waals surface area contributed by atoms with E-state index in [1.54, 1.807) is 0 Å². The van der Waals surface area contributed by atoms with E-state index in [0.29, 0.717) is 11.1 Å². The highest BCUT2D eigenvalue weighted by Gasteiger charge is 2.58. The van der Waals surface area contributed by atoms with Crippen LogP contribution in [0.4, 0.5) is 34.1 Å². The van der Waals surface area contributed by atoms with Crippen molar-refractivity contribution in [1.29, 1.82) is 10.5 Å². The highest BCUT2D eigenvalue weighted by Crippen LogP contribution is 2.68. The van der Waals surface area contributed by atoms with Crippen LogP contribution in [0, 0.1) is 33.5 Å². The summed E-state index contributed by atoms with van der Waals surface area (Å²) in [6.45, 7) is 14.5. The lowest BCUT2D eigenvalue weighted by Gasteiger charge is -2.53. The van der Waals surface area contributed by atoms with E-state index < -0.39 is 5.41 Å². The third-order valence-electron chi connectivity index (χ3n) is 13.3. The van der Waals surface area contributed by atoms with E-state index >= 15 is 0 Å². The van der Waals surface area contributed by atoms with E-state index in [1.165, 1.54) is 43.8 Å². The number of rotatable bonds is 6. The molecule has 63 heavy (non-hydrogen) atoms. The molecule has 0 aromatic heterocycles. The van der Waals surface area contributed by atoms with Gasteiger partial charge in [-0.25, -0.2) is 0 Å². The highest BCUT2D eigenvalue weighted by atomic mass is 15.1. The maximum atomic E-state index is 10.3. The minimum atomic E-state index is -0.433. The van der Waals surface area contributed by atoms with Crippen molar-refractivity contribution in [3.05, 3.63) is 204 Å². The number of anilines is 6. The standard InChI is InChI=1S/C59H48N4/c1-57(2,3)59(58(4,5)6)52-35-42-33-45(62(43-21-9-7-10-22-43)53-27-17-13-19-40(53)37-60)30-29-39(42)34-51(52)55-48-26-16-15-25-47(48)50-36-46(31-32-49(50)56(55)59)63(44-23-11-8-12-24-44)54-28-18-14-20-41(54)38-61/h7-36H,1-6H3. The number of nitriles is 2. The van der Waals surface area contributed by atoms with Gasteiger partial charge in [0.25, 0.3) is 0 Å². The second-order valence-corrected chi connectivity index (χ2v) is 18.8. The van der Waals surface area contributed by atoms with Gasteiger partial charge in [-0.1, -0.05) is 139 Å². The van der Waals surface area contributed by atoms with Crippen molar-refractivity contribution in [3.8, 4) is 23.3 Å². The van der Waals surface area contributed by atoms with Gasteiger partial charge in [-0.05, 0) is 150 Å². The molecular weight excluding hydrogens is 765 g/mol. The van der Waals surface area contributed by atoms with Gasteiger partial charge in [-0.3, -0.25) is 0 Å². The van der Waals surface area contributed by atoms with Crippen molar-refractivity contribution < 1.29 is 0 Å². The molecule has 9 aromatic rings. The van der Waals surface area contributed by atoms with Crippen LogP contribution in [0.2, 0.25) is 0 Å². The second kappa shape index (κ2) is 14.8. The fourth-order valence-corrected chi connectivity index (χ4v) is 11.3. The Kier molecular flexibility index (Phi) is 9.25. The van der Waals surface area contributed by atoms with Crippen molar-refractivity contribution in [3.63, 3.8) is 0 Å². The molecule has 1 aliphatic carbocycles. The van der Waals surface area contributed by atoms with Crippen molar-refractivity contribution in [2.24, 2.45) is 10.8 Å². The molecule has 0 fully saturated rings. The Labute approximate surface area is 370 Å². The number of hydrogen-bond acceptors (Lipinski definition) is 4. The molecule has 0 atom stereocenters. The third kappa shape index (κ3) is 6.01. The molecule has 4 heteroatoms. The molecule has 0 heterocycles. The summed E-state index contributed by atoms with van der Waals surface area (Å²) >= 11 is 0. The summed E-state index contributed by atoms with van der Waals surface area (Å²) < 4.78 is 0. The zero-order valence-electron chi connectivity index (χ0n) is 36.6. The van der Waals surface area contributed by atoms with E-state index in [0.717, 1.165) is 44.9 Å². The van der Waals surface area contributed by atoms with Crippen LogP contribution >= 0.6 is 0 Å². The first-order valence-electron chi connectivity index (χ1n) is 21.7. The molecule has 4 nitrogen and oxygen atoms in total. The van der Waals surface area contributed by atoms with Gasteiger partial charge in [0.1, 0.15) is 12.1 Å². The molecule has 0 unspecified atom stereocenters. The topological polar surface area (TPSA) is 54.1 Å². The van der Waals surface area contributed by atoms with E-state index in [1.807, 2.05) is 72.8 Å². The fourth-order valence-electron chi connectivity index (χ4n) is 11.3. The van der Waals surface area contributed by atoms with Crippen LogP contribution in [0.15, 0.2) is 182 Å². The lowest BCUT2D eigenvalue weighted by atomic mass is 9.49. The van der Waals surface area contributed by atoms with Crippen LogP contribution in [-0.2, 0) is 5.41 Å². The maximum Gasteiger partial charge on any atom is 0.101 e. The summed E-state index contributed by atoms with van der Waals surface area (Å²) in [5, 5.41) is 27.8. The van der Waals surface area contributed by atoms with Crippen LogP contribution in [0.5, 0.6) is 0 Å². The summed E-state index contributed by atoms with van der Waals surface area (Å²) in [5.41, 5.74) is 11.3. The average Bonchev–Trinajstić information content (AvgIpc) is 3.62. The molecule has 0 spiro atoms. The second-order valence-electron chi connectivity index (χ2n) is 18.8. The van der Waals surface area contributed by atoms with E-state index in [4.69, 9.17) is 0 Å². The Balaban J connectivity index is 1.27. The smallest absolute Gasteiger partial charge is 0.101 e. The summed E-state index contributed by atoms with van der Waals surface area (Å²) in [5.74, 6) is 0. The first kappa shape index (κ1) is 39.5. The highest BCUT2D eigenvalue weighted by molar-refractivity contribution is 6.20. The van der Waals surface area contributed by atoms with E-state index in [2.05, 4.69) is 173 Å². The lowest BCUT2D eigenvalue weighted by Crippen LogP contribution is -2.50. The number of fused-ring (bicyclic) bond motifs is 9. The molecule has 0 N–H and O–H groups in total. The number of benzene rings is 9. The summed E-state index contributed by atoms with van der Waals surface area (Å²) in [4.78, 5) is 4.42. The van der Waals surface area contributed by atoms with Gasteiger partial charge in [0.15, 0.2) is 0 Å². The van der Waals surface area contributed by atoms with Crippen LogP contribution in [-0.4, -0.2) is 0 Å². The quantitative estimate of drug-likeness (QED) is 0.157. The van der Waals surface area contributed by atoms with Crippen LogP contribution in [0.1, 0.15) is 63.8 Å². The average molecular weight is 813 g/mol. The molecule has 0 amide bonds. The van der Waals surface area contributed by atoms with Gasteiger partial charge in [0.2, 0.25) is 0 Å². The molecule has 0 radical (unpaired) electrons. The number of hydrogen-bond donors (Lipinski definition) is 0. The predicted octanol–water partition coefficient (Wildman–Crippen LogP) is 16.2. The molecule has 304 valence electrons. The normalized spacial score (nSPS) is 13.0. The van der Waals surface area contributed by atoms with Crippen molar-refractivity contribution >= 4 is 66.4 Å². The first-order chi connectivity index (χ1) is 30.5. The zero-order valence-corrected chi connectivity index (χ0v) is 36.6. The molecule has 0 bridgehead atoms.